The van der Waals surface area contributed by atoms with E-state index in [1.807, 2.05) is 6.92 Å². The van der Waals surface area contributed by atoms with E-state index in [9.17, 15) is 0 Å². The molecule has 18 heavy (non-hydrogen) atoms. The second-order valence-corrected chi connectivity index (χ2v) is 4.35. The molecule has 0 radical (unpaired) electrons. The first kappa shape index (κ1) is 12.5. The molecule has 0 saturated heterocycles. The molecule has 96 valence electrons. The third-order valence-electron chi connectivity index (χ3n) is 2.87. The van der Waals surface area contributed by atoms with Gasteiger partial charge in [-0.15, -0.1) is 0 Å². The molecule has 2 aromatic heterocycles. The molecule has 6 heteroatoms. The van der Waals surface area contributed by atoms with Crippen LogP contribution in [0, 0.1) is 6.92 Å². The highest BCUT2D eigenvalue weighted by Crippen LogP contribution is 2.17. The largest absolute Gasteiger partial charge is 0.382 e. The van der Waals surface area contributed by atoms with Crippen LogP contribution in [0.5, 0.6) is 0 Å². The van der Waals surface area contributed by atoms with Gasteiger partial charge in [0.15, 0.2) is 17.0 Å². The van der Waals surface area contributed by atoms with Gasteiger partial charge in [0.25, 0.3) is 0 Å². The number of fused-ring (bicyclic) bond motifs is 1. The Morgan fingerprint density at radius 2 is 1.78 bits per heavy atom. The molecule has 0 aliphatic carbocycles. The fraction of sp³-hybridized carbons (Fsp3) is 0.500. The van der Waals surface area contributed by atoms with Crippen molar-refractivity contribution in [2.24, 2.45) is 0 Å². The van der Waals surface area contributed by atoms with Gasteiger partial charge in [0.05, 0.1) is 11.4 Å². The topological polar surface area (TPSA) is 104 Å². The first-order chi connectivity index (χ1) is 8.61. The van der Waals surface area contributed by atoms with Crippen molar-refractivity contribution in [3.8, 4) is 0 Å². The van der Waals surface area contributed by atoms with Crippen LogP contribution in [0.15, 0.2) is 0 Å². The molecule has 4 N–H and O–H groups in total. The maximum absolute atomic E-state index is 5.76. The number of anilines is 2. The Morgan fingerprint density at radius 1 is 1.00 bits per heavy atom. The predicted molar refractivity (Wildman–Crippen MR) is 71.9 cm³/mol. The number of rotatable bonds is 4. The summed E-state index contributed by atoms with van der Waals surface area (Å²) in [6.07, 6.45) is 4.38. The van der Waals surface area contributed by atoms with E-state index in [-0.39, 0.29) is 11.8 Å². The molecule has 0 aliphatic heterocycles. The second-order valence-electron chi connectivity index (χ2n) is 4.35. The van der Waals surface area contributed by atoms with Crippen molar-refractivity contribution in [3.63, 3.8) is 0 Å². The van der Waals surface area contributed by atoms with Gasteiger partial charge in [-0.2, -0.15) is 9.97 Å². The lowest BCUT2D eigenvalue weighted by Gasteiger charge is -2.07. The Kier molecular flexibility index (Phi) is 3.55. The van der Waals surface area contributed by atoms with Crippen molar-refractivity contribution in [1.29, 1.82) is 0 Å². The van der Waals surface area contributed by atoms with Crippen LogP contribution in [0.25, 0.3) is 11.2 Å². The van der Waals surface area contributed by atoms with E-state index in [0.717, 1.165) is 24.2 Å². The molecule has 2 heterocycles. The highest BCUT2D eigenvalue weighted by Gasteiger charge is 2.10. The van der Waals surface area contributed by atoms with Gasteiger partial charge in [-0.1, -0.05) is 19.8 Å². The van der Waals surface area contributed by atoms with Gasteiger partial charge in [0.2, 0.25) is 5.95 Å². The van der Waals surface area contributed by atoms with Crippen molar-refractivity contribution in [2.75, 3.05) is 11.5 Å². The van der Waals surface area contributed by atoms with Crippen LogP contribution in [0.4, 0.5) is 11.8 Å². The summed E-state index contributed by atoms with van der Waals surface area (Å²) < 4.78 is 0. The van der Waals surface area contributed by atoms with Crippen molar-refractivity contribution in [2.45, 2.75) is 39.5 Å². The summed E-state index contributed by atoms with van der Waals surface area (Å²) in [5.74, 6) is 0.422. The second kappa shape index (κ2) is 5.12. The molecule has 0 saturated carbocycles. The number of aryl methyl sites for hydroxylation is 2. The standard InChI is InChI=1S/C12H18N6/c1-3-4-5-6-8-7(2)15-9-10(13)17-12(14)18-11(9)16-8/h3-6H2,1-2H3,(H4,13,14,16,17,18). The molecule has 0 aliphatic rings. The van der Waals surface area contributed by atoms with Gasteiger partial charge in [-0.25, -0.2) is 9.97 Å². The number of unbranched alkanes of at least 4 members (excludes halogenated alkanes) is 2. The lowest BCUT2D eigenvalue weighted by atomic mass is 10.1. The first-order valence-corrected chi connectivity index (χ1v) is 6.18. The summed E-state index contributed by atoms with van der Waals surface area (Å²) in [6, 6.07) is 0. The molecule has 0 atom stereocenters. The zero-order chi connectivity index (χ0) is 13.1. The summed E-state index contributed by atoms with van der Waals surface area (Å²) in [6.45, 7) is 4.11. The lowest BCUT2D eigenvalue weighted by Crippen LogP contribution is -2.06. The van der Waals surface area contributed by atoms with E-state index < -0.39 is 0 Å². The van der Waals surface area contributed by atoms with Crippen LogP contribution in [0.1, 0.15) is 37.6 Å². The molecular weight excluding hydrogens is 228 g/mol. The van der Waals surface area contributed by atoms with Crippen molar-refractivity contribution < 1.29 is 0 Å². The number of aromatic nitrogens is 4. The van der Waals surface area contributed by atoms with Crippen LogP contribution < -0.4 is 11.5 Å². The van der Waals surface area contributed by atoms with Gasteiger partial charge in [-0.3, -0.25) is 0 Å². The molecular formula is C12H18N6. The predicted octanol–water partition coefficient (Wildman–Crippen LogP) is 1.63. The smallest absolute Gasteiger partial charge is 0.224 e. The quantitative estimate of drug-likeness (QED) is 0.794. The Bertz CT molecular complexity index is 566. The fourth-order valence-corrected chi connectivity index (χ4v) is 1.88. The summed E-state index contributed by atoms with van der Waals surface area (Å²) in [5, 5.41) is 0. The van der Waals surface area contributed by atoms with Crippen LogP contribution in [0.3, 0.4) is 0 Å². The minimum absolute atomic E-state index is 0.137. The minimum atomic E-state index is 0.137. The number of hydrogen-bond acceptors (Lipinski definition) is 6. The SMILES string of the molecule is CCCCCc1nc2nc(N)nc(N)c2nc1C. The normalized spacial score (nSPS) is 11.0. The average molecular weight is 246 g/mol. The summed E-state index contributed by atoms with van der Waals surface area (Å²) in [7, 11) is 0. The highest BCUT2D eigenvalue weighted by atomic mass is 15.1. The van der Waals surface area contributed by atoms with Crippen molar-refractivity contribution in [1.82, 2.24) is 19.9 Å². The molecule has 0 fully saturated rings. The first-order valence-electron chi connectivity index (χ1n) is 6.18. The molecule has 0 aromatic carbocycles. The summed E-state index contributed by atoms with van der Waals surface area (Å²) in [5.41, 5.74) is 14.2. The number of nitrogen functional groups attached to an aromatic ring is 2. The van der Waals surface area contributed by atoms with E-state index in [0.29, 0.717) is 11.2 Å². The fourth-order valence-electron chi connectivity index (χ4n) is 1.88. The van der Waals surface area contributed by atoms with Crippen molar-refractivity contribution >= 4 is 22.9 Å². The van der Waals surface area contributed by atoms with Crippen LogP contribution in [-0.2, 0) is 6.42 Å². The van der Waals surface area contributed by atoms with Gasteiger partial charge < -0.3 is 11.5 Å². The number of hydrogen-bond donors (Lipinski definition) is 2. The van der Waals surface area contributed by atoms with Gasteiger partial charge in [0.1, 0.15) is 0 Å². The van der Waals surface area contributed by atoms with E-state index in [1.165, 1.54) is 12.8 Å². The van der Waals surface area contributed by atoms with Crippen LogP contribution in [0.2, 0.25) is 0 Å². The Labute approximate surface area is 106 Å². The van der Waals surface area contributed by atoms with E-state index >= 15 is 0 Å². The van der Waals surface area contributed by atoms with Gasteiger partial charge in [-0.05, 0) is 19.8 Å². The zero-order valence-corrected chi connectivity index (χ0v) is 10.8. The summed E-state index contributed by atoms with van der Waals surface area (Å²) in [4.78, 5) is 16.9. The molecule has 0 amide bonds. The lowest BCUT2D eigenvalue weighted by molar-refractivity contribution is 0.703. The molecule has 0 bridgehead atoms. The maximum atomic E-state index is 5.76. The maximum Gasteiger partial charge on any atom is 0.224 e. The Hall–Kier alpha value is -1.98. The Balaban J connectivity index is 2.41. The summed E-state index contributed by atoms with van der Waals surface area (Å²) >= 11 is 0. The molecule has 0 spiro atoms. The molecule has 2 aromatic rings. The van der Waals surface area contributed by atoms with E-state index in [1.54, 1.807) is 0 Å². The number of nitrogens with zero attached hydrogens (tertiary/aromatic N) is 4. The highest BCUT2D eigenvalue weighted by molar-refractivity contribution is 5.82. The van der Waals surface area contributed by atoms with Crippen LogP contribution >= 0.6 is 0 Å². The minimum Gasteiger partial charge on any atom is -0.382 e. The molecule has 0 unspecified atom stereocenters. The number of nitrogens with two attached hydrogens (primary N) is 2. The monoisotopic (exact) mass is 246 g/mol. The molecule has 6 nitrogen and oxygen atoms in total. The van der Waals surface area contributed by atoms with Gasteiger partial charge >= 0.3 is 0 Å². The average Bonchev–Trinajstić information content (AvgIpc) is 2.31. The van der Waals surface area contributed by atoms with Crippen molar-refractivity contribution in [3.05, 3.63) is 11.4 Å². The Morgan fingerprint density at radius 3 is 2.50 bits per heavy atom. The zero-order valence-electron chi connectivity index (χ0n) is 10.8. The third kappa shape index (κ3) is 2.47. The molecule has 2 rings (SSSR count). The van der Waals surface area contributed by atoms with E-state index in [4.69, 9.17) is 11.5 Å². The third-order valence-corrected chi connectivity index (χ3v) is 2.87. The van der Waals surface area contributed by atoms with Gasteiger partial charge in [0, 0.05) is 0 Å². The van der Waals surface area contributed by atoms with Crippen LogP contribution in [-0.4, -0.2) is 19.9 Å². The van der Waals surface area contributed by atoms with E-state index in [2.05, 4.69) is 26.9 Å².